The number of anilines is 1. The second-order valence-electron chi connectivity index (χ2n) is 8.93. The van der Waals surface area contributed by atoms with Gasteiger partial charge in [0.15, 0.2) is 15.5 Å². The second-order valence-corrected chi connectivity index (χ2v) is 13.7. The molecule has 0 radical (unpaired) electrons. The highest BCUT2D eigenvalue weighted by molar-refractivity contribution is 9.10. The SMILES string of the molecule is CS(=O)(=O)c1ccc(S(=O)(=O)N2CCC(c3cc(NCc4cccnc4)n4ncc(Br)c4n3)CC2)cc1. The lowest BCUT2D eigenvalue weighted by Gasteiger charge is -2.31. The van der Waals surface area contributed by atoms with E-state index in [4.69, 9.17) is 4.98 Å². The predicted octanol–water partition coefficient (Wildman–Crippen LogP) is 3.47. The topological polar surface area (TPSA) is 127 Å². The second kappa shape index (κ2) is 10.1. The van der Waals surface area contributed by atoms with Crippen LogP contribution in [0.4, 0.5) is 5.82 Å². The smallest absolute Gasteiger partial charge is 0.243 e. The molecule has 0 atom stereocenters. The van der Waals surface area contributed by atoms with Crippen LogP contribution in [0.25, 0.3) is 5.65 Å². The van der Waals surface area contributed by atoms with Crippen molar-refractivity contribution in [3.05, 3.63) is 76.8 Å². The zero-order valence-electron chi connectivity index (χ0n) is 19.9. The van der Waals surface area contributed by atoms with Crippen molar-refractivity contribution in [3.63, 3.8) is 0 Å². The van der Waals surface area contributed by atoms with E-state index in [0.717, 1.165) is 27.8 Å². The Hall–Kier alpha value is -2.87. The third kappa shape index (κ3) is 5.40. The van der Waals surface area contributed by atoms with E-state index in [1.807, 2.05) is 18.2 Å². The molecule has 1 N–H and O–H groups in total. The largest absolute Gasteiger partial charge is 0.366 e. The Morgan fingerprint density at radius 3 is 2.38 bits per heavy atom. The van der Waals surface area contributed by atoms with Gasteiger partial charge in [-0.2, -0.15) is 13.9 Å². The molecule has 3 aromatic heterocycles. The van der Waals surface area contributed by atoms with Gasteiger partial charge in [0.1, 0.15) is 5.82 Å². The van der Waals surface area contributed by atoms with Crippen molar-refractivity contribution >= 4 is 47.3 Å². The molecule has 0 unspecified atom stereocenters. The average Bonchev–Trinajstić information content (AvgIpc) is 3.28. The first kappa shape index (κ1) is 25.8. The number of sulfonamides is 1. The maximum Gasteiger partial charge on any atom is 0.243 e. The highest BCUT2D eigenvalue weighted by Crippen LogP contribution is 2.32. The van der Waals surface area contributed by atoms with Crippen LogP contribution in [0.15, 0.2) is 75.3 Å². The number of benzene rings is 1. The summed E-state index contributed by atoms with van der Waals surface area (Å²) in [5.74, 6) is 0.861. The molecular formula is C24H25BrN6O4S2. The van der Waals surface area contributed by atoms with Crippen molar-refractivity contribution in [2.45, 2.75) is 35.1 Å². The van der Waals surface area contributed by atoms with Crippen molar-refractivity contribution in [2.24, 2.45) is 0 Å². The van der Waals surface area contributed by atoms with E-state index in [0.29, 0.717) is 38.1 Å². The van der Waals surface area contributed by atoms with Gasteiger partial charge in [0.25, 0.3) is 0 Å². The van der Waals surface area contributed by atoms with Gasteiger partial charge in [-0.15, -0.1) is 0 Å². The number of pyridine rings is 1. The van der Waals surface area contributed by atoms with Gasteiger partial charge in [-0.1, -0.05) is 6.07 Å². The van der Waals surface area contributed by atoms with Gasteiger partial charge in [-0.05, 0) is 64.7 Å². The van der Waals surface area contributed by atoms with E-state index in [1.54, 1.807) is 23.1 Å². The van der Waals surface area contributed by atoms with Gasteiger partial charge in [0.05, 0.1) is 20.5 Å². The highest BCUT2D eigenvalue weighted by atomic mass is 79.9. The van der Waals surface area contributed by atoms with E-state index in [2.05, 4.69) is 31.3 Å². The lowest BCUT2D eigenvalue weighted by Crippen LogP contribution is -2.38. The number of rotatable bonds is 7. The molecule has 10 nitrogen and oxygen atoms in total. The fourth-order valence-corrected chi connectivity index (χ4v) is 6.83. The molecule has 4 aromatic rings. The normalized spacial score (nSPS) is 15.7. The molecule has 1 fully saturated rings. The fraction of sp³-hybridized carbons (Fsp3) is 0.292. The molecule has 1 aliphatic rings. The molecule has 37 heavy (non-hydrogen) atoms. The number of nitrogens with zero attached hydrogens (tertiary/aromatic N) is 5. The van der Waals surface area contributed by atoms with Crippen LogP contribution in [0.1, 0.15) is 30.0 Å². The molecule has 0 spiro atoms. The van der Waals surface area contributed by atoms with Crippen molar-refractivity contribution in [1.82, 2.24) is 23.9 Å². The van der Waals surface area contributed by atoms with Gasteiger partial charge in [-0.25, -0.2) is 21.8 Å². The Balaban J connectivity index is 1.33. The van der Waals surface area contributed by atoms with Crippen molar-refractivity contribution in [2.75, 3.05) is 24.7 Å². The summed E-state index contributed by atoms with van der Waals surface area (Å²) in [5, 5.41) is 7.84. The molecule has 1 aliphatic heterocycles. The summed E-state index contributed by atoms with van der Waals surface area (Å²) >= 11 is 3.53. The lowest BCUT2D eigenvalue weighted by atomic mass is 9.94. The van der Waals surface area contributed by atoms with Crippen molar-refractivity contribution in [3.8, 4) is 0 Å². The Morgan fingerprint density at radius 1 is 1.03 bits per heavy atom. The van der Waals surface area contributed by atoms with Crippen LogP contribution < -0.4 is 5.32 Å². The van der Waals surface area contributed by atoms with Crippen LogP contribution in [-0.2, 0) is 26.4 Å². The minimum atomic E-state index is -3.73. The summed E-state index contributed by atoms with van der Waals surface area (Å²) in [6.07, 6.45) is 7.54. The molecule has 13 heteroatoms. The van der Waals surface area contributed by atoms with Crippen LogP contribution in [-0.4, -0.2) is 60.1 Å². The van der Waals surface area contributed by atoms with E-state index in [9.17, 15) is 16.8 Å². The highest BCUT2D eigenvalue weighted by Gasteiger charge is 2.31. The minimum absolute atomic E-state index is 0.0739. The number of hydrogen-bond donors (Lipinski definition) is 1. The third-order valence-corrected chi connectivity index (χ3v) is 10.0. The van der Waals surface area contributed by atoms with Gasteiger partial charge >= 0.3 is 0 Å². The standard InChI is InChI=1S/C24H25BrN6O4S2/c1-36(32,33)19-4-6-20(7-5-19)37(34,35)30-11-8-18(9-12-30)22-13-23(27-15-17-3-2-10-26-14-17)31-24(29-22)21(25)16-28-31/h2-7,10,13-14,16,18,27H,8-9,11-12,15H2,1H3. The zero-order chi connectivity index (χ0) is 26.2. The number of piperidine rings is 1. The average molecular weight is 606 g/mol. The summed E-state index contributed by atoms with van der Waals surface area (Å²) in [7, 11) is -7.13. The molecular weight excluding hydrogens is 580 g/mol. The van der Waals surface area contributed by atoms with E-state index in [1.165, 1.54) is 28.6 Å². The summed E-state index contributed by atoms with van der Waals surface area (Å²) in [4.78, 5) is 9.16. The first-order valence-electron chi connectivity index (χ1n) is 11.6. The predicted molar refractivity (Wildman–Crippen MR) is 143 cm³/mol. The Labute approximate surface area is 223 Å². The number of aromatic nitrogens is 4. The zero-order valence-corrected chi connectivity index (χ0v) is 23.2. The molecule has 1 aromatic carbocycles. The quantitative estimate of drug-likeness (QED) is 0.340. The molecule has 0 aliphatic carbocycles. The molecule has 0 saturated carbocycles. The monoisotopic (exact) mass is 604 g/mol. The third-order valence-electron chi connectivity index (χ3n) is 6.41. The Kier molecular flexibility index (Phi) is 7.05. The number of nitrogens with one attached hydrogen (secondary N) is 1. The maximum atomic E-state index is 13.2. The van der Waals surface area contributed by atoms with Gasteiger partial charge < -0.3 is 5.32 Å². The minimum Gasteiger partial charge on any atom is -0.366 e. The first-order chi connectivity index (χ1) is 17.6. The summed E-state index contributed by atoms with van der Waals surface area (Å²) in [6.45, 7) is 1.25. The summed E-state index contributed by atoms with van der Waals surface area (Å²) in [6, 6.07) is 11.2. The number of hydrogen-bond acceptors (Lipinski definition) is 8. The summed E-state index contributed by atoms with van der Waals surface area (Å²) in [5.41, 5.74) is 2.59. The van der Waals surface area contributed by atoms with Gasteiger partial charge in [0, 0.05) is 56.0 Å². The fourth-order valence-electron chi connectivity index (χ4n) is 4.39. The number of sulfone groups is 1. The number of fused-ring (bicyclic) bond motifs is 1. The molecule has 4 heterocycles. The molecule has 1 saturated heterocycles. The number of halogens is 1. The van der Waals surface area contributed by atoms with Gasteiger partial charge in [0.2, 0.25) is 10.0 Å². The molecule has 0 amide bonds. The van der Waals surface area contributed by atoms with Crippen LogP contribution in [0.2, 0.25) is 0 Å². The van der Waals surface area contributed by atoms with Gasteiger partial charge in [-0.3, -0.25) is 4.98 Å². The summed E-state index contributed by atoms with van der Waals surface area (Å²) < 4.78 is 53.7. The van der Waals surface area contributed by atoms with E-state index < -0.39 is 19.9 Å². The lowest BCUT2D eigenvalue weighted by molar-refractivity contribution is 0.317. The Bertz CT molecular complexity index is 1630. The van der Waals surface area contributed by atoms with Crippen LogP contribution in [0.3, 0.4) is 0 Å². The van der Waals surface area contributed by atoms with Crippen LogP contribution in [0, 0.1) is 0 Å². The van der Waals surface area contributed by atoms with Crippen molar-refractivity contribution < 1.29 is 16.8 Å². The van der Waals surface area contributed by atoms with Crippen molar-refractivity contribution in [1.29, 1.82) is 0 Å². The van der Waals surface area contributed by atoms with Crippen LogP contribution in [0.5, 0.6) is 0 Å². The molecule has 194 valence electrons. The first-order valence-corrected chi connectivity index (χ1v) is 15.7. The van der Waals surface area contributed by atoms with Crippen LogP contribution >= 0.6 is 15.9 Å². The Morgan fingerprint density at radius 2 is 1.73 bits per heavy atom. The maximum absolute atomic E-state index is 13.2. The molecule has 5 rings (SSSR count). The van der Waals surface area contributed by atoms with E-state index in [-0.39, 0.29) is 15.7 Å². The van der Waals surface area contributed by atoms with E-state index >= 15 is 0 Å². The molecule has 0 bridgehead atoms.